The minimum atomic E-state index is 0.750. The zero-order chi connectivity index (χ0) is 17.0. The van der Waals surface area contributed by atoms with Crippen LogP contribution in [-0.4, -0.2) is 12.1 Å². The number of hydrogen-bond acceptors (Lipinski definition) is 2. The molecule has 0 saturated carbocycles. The lowest BCUT2D eigenvalue weighted by Gasteiger charge is -2.02. The van der Waals surface area contributed by atoms with E-state index in [1.54, 1.807) is 13.3 Å². The van der Waals surface area contributed by atoms with Crippen LogP contribution in [0.15, 0.2) is 42.6 Å². The van der Waals surface area contributed by atoms with Crippen molar-refractivity contribution >= 4 is 0 Å². The molecule has 0 aliphatic carbocycles. The Hall–Kier alpha value is -2.27. The third kappa shape index (κ3) is 6.46. The van der Waals surface area contributed by atoms with Gasteiger partial charge in [0, 0.05) is 5.56 Å². The second kappa shape index (κ2) is 10.5. The summed E-state index contributed by atoms with van der Waals surface area (Å²) in [5.41, 5.74) is 3.19. The molecular weight excluding hydrogens is 294 g/mol. The monoisotopic (exact) mass is 321 g/mol. The van der Waals surface area contributed by atoms with E-state index in [4.69, 9.17) is 4.74 Å². The third-order valence-corrected chi connectivity index (χ3v) is 4.08. The van der Waals surface area contributed by atoms with E-state index >= 15 is 0 Å². The molecule has 0 unspecified atom stereocenters. The Bertz CT molecular complexity index is 647. The molecule has 0 atom stereocenters. The van der Waals surface area contributed by atoms with Gasteiger partial charge in [-0.1, -0.05) is 57.1 Å². The van der Waals surface area contributed by atoms with Crippen LogP contribution in [0.1, 0.15) is 62.3 Å². The molecule has 0 fully saturated rings. The summed E-state index contributed by atoms with van der Waals surface area (Å²) in [5, 5.41) is 0. The second-order valence-corrected chi connectivity index (χ2v) is 6.05. The average Bonchev–Trinajstić information content (AvgIpc) is 2.64. The maximum atomic E-state index is 5.09. The Labute approximate surface area is 146 Å². The normalized spacial score (nSPS) is 10.1. The average molecular weight is 321 g/mol. The van der Waals surface area contributed by atoms with Crippen molar-refractivity contribution in [1.29, 1.82) is 0 Å². The lowest BCUT2D eigenvalue weighted by Crippen LogP contribution is -1.87. The van der Waals surface area contributed by atoms with Crippen LogP contribution < -0.4 is 4.74 Å². The molecule has 2 nitrogen and oxygen atoms in total. The summed E-state index contributed by atoms with van der Waals surface area (Å²) >= 11 is 0. The number of nitrogens with zero attached hydrogens (tertiary/aromatic N) is 1. The molecule has 0 spiro atoms. The van der Waals surface area contributed by atoms with Crippen molar-refractivity contribution in [1.82, 2.24) is 4.98 Å². The van der Waals surface area contributed by atoms with Gasteiger partial charge in [0.25, 0.3) is 0 Å². The molecule has 2 heteroatoms. The summed E-state index contributed by atoms with van der Waals surface area (Å²) < 4.78 is 5.09. The van der Waals surface area contributed by atoms with Crippen molar-refractivity contribution in [3.8, 4) is 17.6 Å². The molecule has 0 aliphatic heterocycles. The minimum absolute atomic E-state index is 0.750. The van der Waals surface area contributed by atoms with Crippen molar-refractivity contribution in [3.05, 3.63) is 59.4 Å². The lowest BCUT2D eigenvalue weighted by atomic mass is 10.0. The van der Waals surface area contributed by atoms with Crippen LogP contribution >= 0.6 is 0 Å². The Balaban J connectivity index is 1.80. The zero-order valence-corrected chi connectivity index (χ0v) is 14.8. The van der Waals surface area contributed by atoms with Crippen LogP contribution in [0.25, 0.3) is 0 Å². The van der Waals surface area contributed by atoms with Crippen molar-refractivity contribution in [2.45, 2.75) is 51.9 Å². The second-order valence-electron chi connectivity index (χ2n) is 6.05. The van der Waals surface area contributed by atoms with Gasteiger partial charge in [-0.05, 0) is 48.6 Å². The molecule has 24 heavy (non-hydrogen) atoms. The van der Waals surface area contributed by atoms with Crippen LogP contribution in [0.3, 0.4) is 0 Å². The topological polar surface area (TPSA) is 22.1 Å². The van der Waals surface area contributed by atoms with Crippen molar-refractivity contribution in [2.24, 2.45) is 0 Å². The summed E-state index contributed by atoms with van der Waals surface area (Å²) in [6, 6.07) is 12.3. The highest BCUT2D eigenvalue weighted by atomic mass is 16.5. The van der Waals surface area contributed by atoms with Crippen LogP contribution in [0.4, 0.5) is 0 Å². The molecule has 126 valence electrons. The first-order valence-corrected chi connectivity index (χ1v) is 8.93. The van der Waals surface area contributed by atoms with Crippen molar-refractivity contribution in [3.63, 3.8) is 0 Å². The molecule has 1 aromatic carbocycles. The Kier molecular flexibility index (Phi) is 7.90. The summed E-state index contributed by atoms with van der Waals surface area (Å²) in [4.78, 5) is 4.25. The fourth-order valence-electron chi connectivity index (χ4n) is 2.58. The number of unbranched alkanes of at least 4 members (excludes halogenated alkanes) is 5. The molecule has 0 aliphatic rings. The van der Waals surface area contributed by atoms with Crippen LogP contribution in [0, 0.1) is 11.8 Å². The van der Waals surface area contributed by atoms with E-state index < -0.39 is 0 Å². The quantitative estimate of drug-likeness (QED) is 0.480. The van der Waals surface area contributed by atoms with Gasteiger partial charge < -0.3 is 4.74 Å². The van der Waals surface area contributed by atoms with E-state index in [0.717, 1.165) is 17.0 Å². The highest BCUT2D eigenvalue weighted by Gasteiger charge is 1.95. The SMILES string of the molecule is CCCCCCCCc1ccc(C#Cc2ccc(OC)cn2)cc1. The van der Waals surface area contributed by atoms with Crippen LogP contribution in [0.2, 0.25) is 0 Å². The number of pyridine rings is 1. The summed E-state index contributed by atoms with van der Waals surface area (Å²) in [6.45, 7) is 2.26. The molecule has 0 radical (unpaired) electrons. The van der Waals surface area contributed by atoms with E-state index in [-0.39, 0.29) is 0 Å². The van der Waals surface area contributed by atoms with Gasteiger partial charge in [0.15, 0.2) is 0 Å². The largest absolute Gasteiger partial charge is 0.495 e. The van der Waals surface area contributed by atoms with Gasteiger partial charge in [-0.25, -0.2) is 4.98 Å². The molecule has 0 N–H and O–H groups in total. The zero-order valence-electron chi connectivity index (χ0n) is 14.8. The number of aromatic nitrogens is 1. The van der Waals surface area contributed by atoms with Crippen LogP contribution in [0.5, 0.6) is 5.75 Å². The third-order valence-electron chi connectivity index (χ3n) is 4.08. The van der Waals surface area contributed by atoms with E-state index in [0.29, 0.717) is 0 Å². The Morgan fingerprint density at radius 1 is 0.875 bits per heavy atom. The summed E-state index contributed by atoms with van der Waals surface area (Å²) in [5.74, 6) is 7.00. The Morgan fingerprint density at radius 3 is 2.29 bits per heavy atom. The maximum Gasteiger partial charge on any atom is 0.137 e. The highest BCUT2D eigenvalue weighted by molar-refractivity contribution is 5.41. The number of benzene rings is 1. The number of ether oxygens (including phenoxy) is 1. The van der Waals surface area contributed by atoms with Gasteiger partial charge in [-0.3, -0.25) is 0 Å². The molecule has 0 saturated heterocycles. The number of hydrogen-bond donors (Lipinski definition) is 0. The number of rotatable bonds is 8. The number of methoxy groups -OCH3 is 1. The Morgan fingerprint density at radius 2 is 1.62 bits per heavy atom. The van der Waals surface area contributed by atoms with E-state index in [2.05, 4.69) is 48.0 Å². The first kappa shape index (κ1) is 18.1. The summed E-state index contributed by atoms with van der Waals surface area (Å²) in [6.07, 6.45) is 10.9. The fraction of sp³-hybridized carbons (Fsp3) is 0.409. The smallest absolute Gasteiger partial charge is 0.137 e. The molecule has 1 heterocycles. The van der Waals surface area contributed by atoms with Crippen molar-refractivity contribution in [2.75, 3.05) is 7.11 Å². The molecular formula is C22H27NO. The van der Waals surface area contributed by atoms with Gasteiger partial charge in [0.2, 0.25) is 0 Å². The highest BCUT2D eigenvalue weighted by Crippen LogP contribution is 2.11. The lowest BCUT2D eigenvalue weighted by molar-refractivity contribution is 0.413. The predicted molar refractivity (Wildman–Crippen MR) is 100 cm³/mol. The molecule has 0 bridgehead atoms. The van der Waals surface area contributed by atoms with Gasteiger partial charge >= 0.3 is 0 Å². The van der Waals surface area contributed by atoms with E-state index in [1.807, 2.05) is 12.1 Å². The van der Waals surface area contributed by atoms with Crippen LogP contribution in [-0.2, 0) is 6.42 Å². The minimum Gasteiger partial charge on any atom is -0.495 e. The molecule has 0 amide bonds. The van der Waals surface area contributed by atoms with E-state index in [9.17, 15) is 0 Å². The first-order valence-electron chi connectivity index (χ1n) is 8.93. The van der Waals surface area contributed by atoms with Gasteiger partial charge in [0.1, 0.15) is 11.4 Å². The standard InChI is InChI=1S/C22H27NO/c1-3-4-5-6-7-8-9-19-10-12-20(13-11-19)14-15-21-16-17-22(24-2)18-23-21/h10-13,16-18H,3-9H2,1-2H3. The molecule has 2 aromatic rings. The predicted octanol–water partition coefficient (Wildman–Crippen LogP) is 5.39. The molecule has 2 rings (SSSR count). The summed E-state index contributed by atoms with van der Waals surface area (Å²) in [7, 11) is 1.63. The van der Waals surface area contributed by atoms with Gasteiger partial charge in [-0.15, -0.1) is 0 Å². The number of aryl methyl sites for hydroxylation is 1. The van der Waals surface area contributed by atoms with Crippen molar-refractivity contribution < 1.29 is 4.74 Å². The first-order chi connectivity index (χ1) is 11.8. The van der Waals surface area contributed by atoms with Gasteiger partial charge in [0.05, 0.1) is 13.3 Å². The maximum absolute atomic E-state index is 5.09. The van der Waals surface area contributed by atoms with Gasteiger partial charge in [-0.2, -0.15) is 0 Å². The molecule has 1 aromatic heterocycles. The van der Waals surface area contributed by atoms with E-state index in [1.165, 1.54) is 50.5 Å². The fourth-order valence-corrected chi connectivity index (χ4v) is 2.58.